The van der Waals surface area contributed by atoms with Crippen molar-refractivity contribution in [2.75, 3.05) is 32.7 Å². The fourth-order valence-corrected chi connectivity index (χ4v) is 5.36. The zero-order valence-corrected chi connectivity index (χ0v) is 21.7. The van der Waals surface area contributed by atoms with E-state index >= 15 is 0 Å². The standard InChI is InChI=1S/C31H36N4O/c1-23-13-14-25(3)28(19-23)29-20-30(27-12-8-7-9-24(27)2)35(32-29)31(36)22-34-17-15-33(16-18-34)21-26-10-5-4-6-11-26/h4-14,19,30H,15-18,20-22H2,1-3H3/t30-/m1/s1. The van der Waals surface area contributed by atoms with Gasteiger partial charge in [-0.1, -0.05) is 72.3 Å². The van der Waals surface area contributed by atoms with Crippen molar-refractivity contribution < 1.29 is 4.79 Å². The third kappa shape index (κ3) is 5.43. The Labute approximate surface area is 215 Å². The Morgan fingerprint density at radius 1 is 0.833 bits per heavy atom. The van der Waals surface area contributed by atoms with Crippen LogP contribution in [0.15, 0.2) is 77.9 Å². The smallest absolute Gasteiger partial charge is 0.257 e. The highest BCUT2D eigenvalue weighted by molar-refractivity contribution is 6.04. The number of rotatable bonds is 6. The molecule has 2 aliphatic rings. The zero-order valence-electron chi connectivity index (χ0n) is 21.7. The summed E-state index contributed by atoms with van der Waals surface area (Å²) in [6.45, 7) is 11.5. The van der Waals surface area contributed by atoms with E-state index in [9.17, 15) is 4.79 Å². The van der Waals surface area contributed by atoms with Crippen molar-refractivity contribution >= 4 is 11.6 Å². The highest BCUT2D eigenvalue weighted by Gasteiger charge is 2.35. The molecular formula is C31H36N4O. The molecule has 1 amide bonds. The molecule has 186 valence electrons. The minimum atomic E-state index is -0.0621. The number of aryl methyl sites for hydroxylation is 3. The van der Waals surface area contributed by atoms with Crippen LogP contribution in [0.25, 0.3) is 0 Å². The van der Waals surface area contributed by atoms with Crippen LogP contribution in [0, 0.1) is 20.8 Å². The predicted molar refractivity (Wildman–Crippen MR) is 146 cm³/mol. The second-order valence-electron chi connectivity index (χ2n) is 10.2. The molecule has 36 heavy (non-hydrogen) atoms. The van der Waals surface area contributed by atoms with Crippen LogP contribution in [0.5, 0.6) is 0 Å². The predicted octanol–water partition coefficient (Wildman–Crippen LogP) is 5.11. The number of carbonyl (C=O) groups is 1. The molecule has 2 aliphatic heterocycles. The molecule has 0 saturated carbocycles. The van der Waals surface area contributed by atoms with Gasteiger partial charge < -0.3 is 0 Å². The molecule has 0 radical (unpaired) electrons. The third-order valence-corrected chi connectivity index (χ3v) is 7.49. The number of carbonyl (C=O) groups excluding carboxylic acids is 1. The second kappa shape index (κ2) is 10.8. The molecule has 1 fully saturated rings. The molecule has 0 unspecified atom stereocenters. The summed E-state index contributed by atoms with van der Waals surface area (Å²) in [5, 5.41) is 6.73. The summed E-state index contributed by atoms with van der Waals surface area (Å²) in [5.74, 6) is 0.0834. The molecule has 0 spiro atoms. The van der Waals surface area contributed by atoms with Gasteiger partial charge in [0.15, 0.2) is 0 Å². The number of hydrogen-bond donors (Lipinski definition) is 0. The summed E-state index contributed by atoms with van der Waals surface area (Å²) in [7, 11) is 0. The molecule has 0 bridgehead atoms. The average Bonchev–Trinajstić information content (AvgIpc) is 3.33. The third-order valence-electron chi connectivity index (χ3n) is 7.49. The highest BCUT2D eigenvalue weighted by atomic mass is 16.2. The second-order valence-corrected chi connectivity index (χ2v) is 10.2. The van der Waals surface area contributed by atoms with Crippen LogP contribution in [-0.2, 0) is 11.3 Å². The Bertz CT molecular complexity index is 1240. The van der Waals surface area contributed by atoms with Crippen LogP contribution in [-0.4, -0.2) is 59.2 Å². The first-order valence-corrected chi connectivity index (χ1v) is 13.0. The Morgan fingerprint density at radius 3 is 2.28 bits per heavy atom. The summed E-state index contributed by atoms with van der Waals surface area (Å²) >= 11 is 0. The zero-order chi connectivity index (χ0) is 25.1. The van der Waals surface area contributed by atoms with E-state index < -0.39 is 0 Å². The maximum atomic E-state index is 13.7. The Hall–Kier alpha value is -3.28. The van der Waals surface area contributed by atoms with Crippen LogP contribution in [0.2, 0.25) is 0 Å². The van der Waals surface area contributed by atoms with E-state index in [2.05, 4.69) is 103 Å². The van der Waals surface area contributed by atoms with Crippen molar-refractivity contribution in [3.63, 3.8) is 0 Å². The van der Waals surface area contributed by atoms with E-state index in [0.29, 0.717) is 6.54 Å². The van der Waals surface area contributed by atoms with Gasteiger partial charge in [0.25, 0.3) is 5.91 Å². The van der Waals surface area contributed by atoms with Gasteiger partial charge in [0.2, 0.25) is 0 Å². The Balaban J connectivity index is 1.30. The van der Waals surface area contributed by atoms with Crippen molar-refractivity contribution in [3.8, 4) is 0 Å². The number of hydrazone groups is 1. The van der Waals surface area contributed by atoms with Gasteiger partial charge in [0.05, 0.1) is 18.3 Å². The lowest BCUT2D eigenvalue weighted by Gasteiger charge is -2.35. The Morgan fingerprint density at radius 2 is 1.53 bits per heavy atom. The van der Waals surface area contributed by atoms with Gasteiger partial charge in [-0.3, -0.25) is 14.6 Å². The molecule has 0 aliphatic carbocycles. The van der Waals surface area contributed by atoms with Crippen molar-refractivity contribution in [1.29, 1.82) is 0 Å². The summed E-state index contributed by atoms with van der Waals surface area (Å²) in [6, 6.07) is 25.4. The lowest BCUT2D eigenvalue weighted by atomic mass is 9.93. The monoisotopic (exact) mass is 480 g/mol. The maximum Gasteiger partial charge on any atom is 0.257 e. The van der Waals surface area contributed by atoms with Gasteiger partial charge in [-0.2, -0.15) is 5.10 Å². The van der Waals surface area contributed by atoms with E-state index in [4.69, 9.17) is 5.10 Å². The number of hydrogen-bond acceptors (Lipinski definition) is 4. The lowest BCUT2D eigenvalue weighted by molar-refractivity contribution is -0.134. The molecule has 3 aromatic carbocycles. The van der Waals surface area contributed by atoms with E-state index in [0.717, 1.165) is 50.4 Å². The first-order valence-electron chi connectivity index (χ1n) is 13.0. The van der Waals surface area contributed by atoms with Gasteiger partial charge in [-0.25, -0.2) is 5.01 Å². The molecule has 2 heterocycles. The fraction of sp³-hybridized carbons (Fsp3) is 0.355. The van der Waals surface area contributed by atoms with Crippen LogP contribution in [0.1, 0.15) is 45.8 Å². The first kappa shape index (κ1) is 24.4. The van der Waals surface area contributed by atoms with Crippen LogP contribution in [0.3, 0.4) is 0 Å². The van der Waals surface area contributed by atoms with Crippen molar-refractivity contribution in [2.24, 2.45) is 5.10 Å². The average molecular weight is 481 g/mol. The van der Waals surface area contributed by atoms with Gasteiger partial charge in [-0.05, 0) is 49.1 Å². The first-order chi connectivity index (χ1) is 17.5. The summed E-state index contributed by atoms with van der Waals surface area (Å²) in [4.78, 5) is 18.4. The molecule has 5 nitrogen and oxygen atoms in total. The number of amides is 1. The topological polar surface area (TPSA) is 39.2 Å². The quantitative estimate of drug-likeness (QED) is 0.492. The molecule has 1 saturated heterocycles. The fourth-order valence-electron chi connectivity index (χ4n) is 5.36. The van der Waals surface area contributed by atoms with Gasteiger partial charge in [-0.15, -0.1) is 0 Å². The van der Waals surface area contributed by atoms with Crippen LogP contribution >= 0.6 is 0 Å². The summed E-state index contributed by atoms with van der Waals surface area (Å²) in [5.41, 5.74) is 8.29. The van der Waals surface area contributed by atoms with E-state index in [1.54, 1.807) is 5.01 Å². The van der Waals surface area contributed by atoms with Crippen molar-refractivity contribution in [1.82, 2.24) is 14.8 Å². The number of nitrogens with zero attached hydrogens (tertiary/aromatic N) is 4. The van der Waals surface area contributed by atoms with Gasteiger partial charge in [0.1, 0.15) is 0 Å². The largest absolute Gasteiger partial charge is 0.297 e. The number of benzene rings is 3. The van der Waals surface area contributed by atoms with Crippen molar-refractivity contribution in [2.45, 2.75) is 39.8 Å². The van der Waals surface area contributed by atoms with E-state index in [1.165, 1.54) is 27.8 Å². The minimum absolute atomic E-state index is 0.0621. The summed E-state index contributed by atoms with van der Waals surface area (Å²) in [6.07, 6.45) is 0.742. The SMILES string of the molecule is Cc1ccc(C)c(C2=NN(C(=O)CN3CCN(Cc4ccccc4)CC3)[C@@H](c3ccccc3C)C2)c1. The Kier molecular flexibility index (Phi) is 7.30. The van der Waals surface area contributed by atoms with Gasteiger partial charge >= 0.3 is 0 Å². The maximum absolute atomic E-state index is 13.7. The normalized spacial score (nSPS) is 18.9. The van der Waals surface area contributed by atoms with E-state index in [-0.39, 0.29) is 11.9 Å². The minimum Gasteiger partial charge on any atom is -0.297 e. The number of piperazine rings is 1. The lowest BCUT2D eigenvalue weighted by Crippen LogP contribution is -2.49. The van der Waals surface area contributed by atoms with Crippen molar-refractivity contribution in [3.05, 3.63) is 106 Å². The van der Waals surface area contributed by atoms with E-state index in [1.807, 2.05) is 0 Å². The highest BCUT2D eigenvalue weighted by Crippen LogP contribution is 2.35. The molecule has 5 heteroatoms. The van der Waals surface area contributed by atoms with Crippen LogP contribution in [0.4, 0.5) is 0 Å². The molecule has 1 atom stereocenters. The van der Waals surface area contributed by atoms with Crippen LogP contribution < -0.4 is 0 Å². The molecule has 0 aromatic heterocycles. The molecule has 0 N–H and O–H groups in total. The molecular weight excluding hydrogens is 444 g/mol. The molecule has 3 aromatic rings. The summed E-state index contributed by atoms with van der Waals surface area (Å²) < 4.78 is 0. The van der Waals surface area contributed by atoms with Gasteiger partial charge in [0, 0.05) is 44.7 Å². The molecule has 5 rings (SSSR count).